The normalized spacial score (nSPS) is 21.6. The van der Waals surface area contributed by atoms with Crippen LogP contribution in [0.15, 0.2) is 30.5 Å². The third kappa shape index (κ3) is 3.25. The van der Waals surface area contributed by atoms with Crippen molar-refractivity contribution in [3.63, 3.8) is 0 Å². The van der Waals surface area contributed by atoms with E-state index in [2.05, 4.69) is 24.1 Å². The first-order valence-corrected chi connectivity index (χ1v) is 9.80. The molecule has 1 aromatic carbocycles. The summed E-state index contributed by atoms with van der Waals surface area (Å²) in [6, 6.07) is 6.60. The summed E-state index contributed by atoms with van der Waals surface area (Å²) >= 11 is 0. The molecule has 0 bridgehead atoms. The molecular formula is C21H26N4O3. The fourth-order valence-corrected chi connectivity index (χ4v) is 3.98. The predicted molar refractivity (Wildman–Crippen MR) is 105 cm³/mol. The molecule has 148 valence electrons. The van der Waals surface area contributed by atoms with E-state index in [-0.39, 0.29) is 18.4 Å². The van der Waals surface area contributed by atoms with E-state index in [4.69, 9.17) is 4.74 Å². The van der Waals surface area contributed by atoms with E-state index in [1.165, 1.54) is 4.90 Å². The van der Waals surface area contributed by atoms with Crippen LogP contribution in [-0.2, 0) is 17.8 Å². The molecule has 0 aliphatic carbocycles. The summed E-state index contributed by atoms with van der Waals surface area (Å²) in [5.41, 5.74) is 1.78. The second-order valence-corrected chi connectivity index (χ2v) is 7.93. The van der Waals surface area contributed by atoms with E-state index < -0.39 is 6.04 Å². The number of benzene rings is 1. The highest BCUT2D eigenvalue weighted by Crippen LogP contribution is 2.30. The number of hydrogen-bond acceptors (Lipinski definition) is 4. The Morgan fingerprint density at radius 2 is 2.11 bits per heavy atom. The van der Waals surface area contributed by atoms with Crippen molar-refractivity contribution >= 4 is 17.5 Å². The first-order valence-electron chi connectivity index (χ1n) is 9.80. The van der Waals surface area contributed by atoms with E-state index in [9.17, 15) is 9.59 Å². The van der Waals surface area contributed by atoms with E-state index in [0.29, 0.717) is 29.1 Å². The SMILES string of the molecule is CC(C)C1CCc2cnc(C(=O)N[C@H]3COc4ccccc4N(C)C3=O)n2C1. The van der Waals surface area contributed by atoms with Gasteiger partial charge in [-0.1, -0.05) is 26.0 Å². The number of para-hydroxylation sites is 2. The molecule has 1 aromatic heterocycles. The Morgan fingerprint density at radius 3 is 2.89 bits per heavy atom. The highest BCUT2D eigenvalue weighted by Gasteiger charge is 2.32. The van der Waals surface area contributed by atoms with Crippen molar-refractivity contribution in [3.05, 3.63) is 42.0 Å². The summed E-state index contributed by atoms with van der Waals surface area (Å²) in [5.74, 6) is 1.54. The molecule has 2 aromatic rings. The lowest BCUT2D eigenvalue weighted by molar-refractivity contribution is -0.120. The minimum atomic E-state index is -0.762. The molecule has 0 fully saturated rings. The van der Waals surface area contributed by atoms with Gasteiger partial charge in [-0.3, -0.25) is 9.59 Å². The van der Waals surface area contributed by atoms with Crippen molar-refractivity contribution < 1.29 is 14.3 Å². The number of hydrogen-bond donors (Lipinski definition) is 1. The van der Waals surface area contributed by atoms with Gasteiger partial charge in [0, 0.05) is 25.5 Å². The second kappa shape index (κ2) is 7.30. The third-order valence-electron chi connectivity index (χ3n) is 5.84. The molecule has 2 aliphatic rings. The Balaban J connectivity index is 1.52. The van der Waals surface area contributed by atoms with Gasteiger partial charge in [-0.2, -0.15) is 0 Å². The summed E-state index contributed by atoms with van der Waals surface area (Å²) in [4.78, 5) is 31.7. The summed E-state index contributed by atoms with van der Waals surface area (Å²) < 4.78 is 7.78. The van der Waals surface area contributed by atoms with E-state index >= 15 is 0 Å². The van der Waals surface area contributed by atoms with Gasteiger partial charge in [0.05, 0.1) is 5.69 Å². The topological polar surface area (TPSA) is 76.5 Å². The maximum absolute atomic E-state index is 12.9. The second-order valence-electron chi connectivity index (χ2n) is 7.93. The molecule has 2 amide bonds. The zero-order chi connectivity index (χ0) is 19.8. The Kier molecular flexibility index (Phi) is 4.83. The molecule has 28 heavy (non-hydrogen) atoms. The molecule has 7 nitrogen and oxygen atoms in total. The quantitative estimate of drug-likeness (QED) is 0.883. The number of rotatable bonds is 3. The summed E-state index contributed by atoms with van der Waals surface area (Å²) in [6.07, 6.45) is 3.81. The molecule has 1 N–H and O–H groups in total. The van der Waals surface area contributed by atoms with Crippen LogP contribution in [0.5, 0.6) is 5.75 Å². The number of imidazole rings is 1. The molecule has 2 aliphatic heterocycles. The Labute approximate surface area is 164 Å². The number of nitrogens with one attached hydrogen (secondary N) is 1. The van der Waals surface area contributed by atoms with Crippen LogP contribution in [0, 0.1) is 11.8 Å². The van der Waals surface area contributed by atoms with Gasteiger partial charge >= 0.3 is 0 Å². The van der Waals surface area contributed by atoms with Gasteiger partial charge < -0.3 is 19.5 Å². The number of carbonyl (C=O) groups excluding carboxylic acids is 2. The van der Waals surface area contributed by atoms with Crippen LogP contribution in [-0.4, -0.2) is 41.1 Å². The van der Waals surface area contributed by atoms with Crippen LogP contribution < -0.4 is 15.0 Å². The molecule has 0 saturated carbocycles. The van der Waals surface area contributed by atoms with Crippen molar-refractivity contribution in [2.24, 2.45) is 11.8 Å². The average Bonchev–Trinajstić information content (AvgIpc) is 3.08. The van der Waals surface area contributed by atoms with E-state index in [0.717, 1.165) is 25.1 Å². The first kappa shape index (κ1) is 18.5. The fourth-order valence-electron chi connectivity index (χ4n) is 3.98. The Bertz CT molecular complexity index is 905. The molecule has 7 heteroatoms. The lowest BCUT2D eigenvalue weighted by Gasteiger charge is -2.28. The molecule has 0 radical (unpaired) electrons. The zero-order valence-corrected chi connectivity index (χ0v) is 16.5. The summed E-state index contributed by atoms with van der Waals surface area (Å²) in [6.45, 7) is 5.30. The van der Waals surface area contributed by atoms with Gasteiger partial charge in [0.2, 0.25) is 0 Å². The van der Waals surface area contributed by atoms with Crippen LogP contribution in [0.4, 0.5) is 5.69 Å². The number of carbonyl (C=O) groups is 2. The Morgan fingerprint density at radius 1 is 1.32 bits per heavy atom. The predicted octanol–water partition coefficient (Wildman–Crippen LogP) is 2.26. The highest BCUT2D eigenvalue weighted by molar-refractivity contribution is 6.02. The van der Waals surface area contributed by atoms with Crippen molar-refractivity contribution in [3.8, 4) is 5.75 Å². The Hall–Kier alpha value is -2.83. The lowest BCUT2D eigenvalue weighted by Crippen LogP contribution is -2.50. The molecule has 0 spiro atoms. The van der Waals surface area contributed by atoms with Gasteiger partial charge in [0.15, 0.2) is 5.82 Å². The van der Waals surface area contributed by atoms with Gasteiger partial charge in [0.25, 0.3) is 11.8 Å². The number of aromatic nitrogens is 2. The number of anilines is 1. The maximum Gasteiger partial charge on any atom is 0.288 e. The standard InChI is InChI=1S/C21H26N4O3/c1-13(2)14-8-9-15-10-22-19(25(15)11-14)20(26)23-16-12-28-18-7-5-4-6-17(18)24(3)21(16)27/h4-7,10,13-14,16H,8-9,11-12H2,1-3H3,(H,23,26)/t14?,16-/m0/s1. The summed E-state index contributed by atoms with van der Waals surface area (Å²) in [5, 5.41) is 2.83. The van der Waals surface area contributed by atoms with E-state index in [1.807, 2.05) is 28.8 Å². The summed E-state index contributed by atoms with van der Waals surface area (Å²) in [7, 11) is 1.69. The van der Waals surface area contributed by atoms with Crippen molar-refractivity contribution in [2.45, 2.75) is 39.3 Å². The molecule has 2 atom stereocenters. The molecule has 4 rings (SSSR count). The van der Waals surface area contributed by atoms with Gasteiger partial charge in [-0.25, -0.2) is 4.98 Å². The average molecular weight is 382 g/mol. The zero-order valence-electron chi connectivity index (χ0n) is 16.5. The molecule has 1 unspecified atom stereocenters. The fraction of sp³-hybridized carbons (Fsp3) is 0.476. The lowest BCUT2D eigenvalue weighted by atomic mass is 9.88. The number of likely N-dealkylation sites (N-methyl/N-ethyl adjacent to an activating group) is 1. The largest absolute Gasteiger partial charge is 0.489 e. The molecular weight excluding hydrogens is 356 g/mol. The van der Waals surface area contributed by atoms with E-state index in [1.54, 1.807) is 13.2 Å². The minimum Gasteiger partial charge on any atom is -0.489 e. The van der Waals surface area contributed by atoms with Crippen LogP contribution >= 0.6 is 0 Å². The molecule has 0 saturated heterocycles. The van der Waals surface area contributed by atoms with Gasteiger partial charge in [-0.05, 0) is 36.8 Å². The van der Waals surface area contributed by atoms with Crippen LogP contribution in [0.2, 0.25) is 0 Å². The number of ether oxygens (including phenoxy) is 1. The number of fused-ring (bicyclic) bond motifs is 2. The minimum absolute atomic E-state index is 0.0914. The van der Waals surface area contributed by atoms with Crippen molar-refractivity contribution in [2.75, 3.05) is 18.6 Å². The first-order chi connectivity index (χ1) is 13.5. The molecule has 3 heterocycles. The monoisotopic (exact) mass is 382 g/mol. The van der Waals surface area contributed by atoms with Gasteiger partial charge in [0.1, 0.15) is 18.4 Å². The van der Waals surface area contributed by atoms with Crippen molar-refractivity contribution in [1.82, 2.24) is 14.9 Å². The van der Waals surface area contributed by atoms with Crippen LogP contribution in [0.1, 0.15) is 36.6 Å². The van der Waals surface area contributed by atoms with Crippen LogP contribution in [0.3, 0.4) is 0 Å². The van der Waals surface area contributed by atoms with Crippen LogP contribution in [0.25, 0.3) is 0 Å². The highest BCUT2D eigenvalue weighted by atomic mass is 16.5. The maximum atomic E-state index is 12.9. The smallest absolute Gasteiger partial charge is 0.288 e. The van der Waals surface area contributed by atoms with Gasteiger partial charge in [-0.15, -0.1) is 0 Å². The third-order valence-corrected chi connectivity index (χ3v) is 5.84. The number of amides is 2. The van der Waals surface area contributed by atoms with Crippen molar-refractivity contribution in [1.29, 1.82) is 0 Å². The number of nitrogens with zero attached hydrogens (tertiary/aromatic N) is 3. The number of aryl methyl sites for hydroxylation is 1.